The molecule has 16 heavy (non-hydrogen) atoms. The Hall–Kier alpha value is -0.630. The molecule has 0 amide bonds. The van der Waals surface area contributed by atoms with Crippen molar-refractivity contribution in [3.05, 3.63) is 16.9 Å². The highest BCUT2D eigenvalue weighted by molar-refractivity contribution is 7.90. The molecule has 0 aliphatic heterocycles. The van der Waals surface area contributed by atoms with E-state index >= 15 is 0 Å². The van der Waals surface area contributed by atoms with Crippen LogP contribution < -0.4 is 11.3 Å². The van der Waals surface area contributed by atoms with E-state index in [0.717, 1.165) is 6.26 Å². The SMILES string of the molecule is CCn1ncc(Cl)c1C(CS(C)(=O)=O)NN. The normalized spacial score (nSPS) is 14.0. The van der Waals surface area contributed by atoms with E-state index < -0.39 is 15.9 Å². The standard InChI is InChI=1S/C8H15ClN4O2S/c1-3-13-8(6(9)4-11-13)7(12-10)5-16(2,14)15/h4,7,12H,3,5,10H2,1-2H3. The van der Waals surface area contributed by atoms with Crippen LogP contribution in [0.2, 0.25) is 5.02 Å². The molecule has 0 fully saturated rings. The first-order valence-electron chi connectivity index (χ1n) is 4.74. The van der Waals surface area contributed by atoms with E-state index in [9.17, 15) is 8.42 Å². The zero-order chi connectivity index (χ0) is 12.3. The molecular weight excluding hydrogens is 252 g/mol. The van der Waals surface area contributed by atoms with Crippen LogP contribution in [-0.4, -0.2) is 30.2 Å². The molecule has 1 heterocycles. The first kappa shape index (κ1) is 13.4. The second-order valence-electron chi connectivity index (χ2n) is 3.51. The Balaban J connectivity index is 3.08. The maximum absolute atomic E-state index is 11.2. The minimum Gasteiger partial charge on any atom is -0.271 e. The van der Waals surface area contributed by atoms with Gasteiger partial charge >= 0.3 is 0 Å². The first-order valence-corrected chi connectivity index (χ1v) is 7.18. The predicted molar refractivity (Wildman–Crippen MR) is 62.7 cm³/mol. The van der Waals surface area contributed by atoms with Gasteiger partial charge in [0.05, 0.1) is 28.7 Å². The van der Waals surface area contributed by atoms with Crippen LogP contribution in [0.15, 0.2) is 6.20 Å². The zero-order valence-corrected chi connectivity index (χ0v) is 10.7. The Kier molecular flexibility index (Phi) is 4.31. The molecule has 0 spiro atoms. The van der Waals surface area contributed by atoms with Crippen molar-refractivity contribution in [1.82, 2.24) is 15.2 Å². The number of nitrogens with two attached hydrogens (primary N) is 1. The van der Waals surface area contributed by atoms with Crippen LogP contribution in [0.5, 0.6) is 0 Å². The van der Waals surface area contributed by atoms with E-state index in [4.69, 9.17) is 17.4 Å². The molecule has 1 aromatic rings. The number of nitrogens with zero attached hydrogens (tertiary/aromatic N) is 2. The van der Waals surface area contributed by atoms with Gasteiger partial charge in [-0.25, -0.2) is 8.42 Å². The molecule has 8 heteroatoms. The van der Waals surface area contributed by atoms with Crippen molar-refractivity contribution < 1.29 is 8.42 Å². The van der Waals surface area contributed by atoms with Crippen molar-refractivity contribution in [2.24, 2.45) is 5.84 Å². The lowest BCUT2D eigenvalue weighted by atomic mass is 10.2. The fourth-order valence-corrected chi connectivity index (χ4v) is 2.61. The highest BCUT2D eigenvalue weighted by Crippen LogP contribution is 2.23. The number of aromatic nitrogens is 2. The fraction of sp³-hybridized carbons (Fsp3) is 0.625. The number of hydrogen-bond acceptors (Lipinski definition) is 5. The van der Waals surface area contributed by atoms with Gasteiger partial charge in [0.25, 0.3) is 0 Å². The molecule has 92 valence electrons. The summed E-state index contributed by atoms with van der Waals surface area (Å²) in [5.74, 6) is 5.23. The average molecular weight is 267 g/mol. The minimum atomic E-state index is -3.15. The van der Waals surface area contributed by atoms with Gasteiger partial charge in [-0.15, -0.1) is 0 Å². The van der Waals surface area contributed by atoms with Crippen molar-refractivity contribution in [2.45, 2.75) is 19.5 Å². The van der Waals surface area contributed by atoms with E-state index in [2.05, 4.69) is 10.5 Å². The third kappa shape index (κ3) is 3.18. The third-order valence-electron chi connectivity index (χ3n) is 2.13. The van der Waals surface area contributed by atoms with Crippen LogP contribution >= 0.6 is 11.6 Å². The van der Waals surface area contributed by atoms with Crippen molar-refractivity contribution in [3.63, 3.8) is 0 Å². The summed E-state index contributed by atoms with van der Waals surface area (Å²) in [6, 6.07) is -0.551. The summed E-state index contributed by atoms with van der Waals surface area (Å²) in [5, 5.41) is 4.44. The minimum absolute atomic E-state index is 0.116. The number of halogens is 1. The molecule has 0 aliphatic rings. The zero-order valence-electron chi connectivity index (χ0n) is 9.14. The molecule has 0 aromatic carbocycles. The molecule has 1 aromatic heterocycles. The Labute approximate surface area is 99.7 Å². The maximum atomic E-state index is 11.2. The number of hydrazine groups is 1. The van der Waals surface area contributed by atoms with Gasteiger partial charge in [0, 0.05) is 12.8 Å². The first-order chi connectivity index (χ1) is 7.39. The van der Waals surface area contributed by atoms with E-state index in [1.807, 2.05) is 6.92 Å². The van der Waals surface area contributed by atoms with Crippen LogP contribution in [0.25, 0.3) is 0 Å². The topological polar surface area (TPSA) is 90.0 Å². The molecule has 1 atom stereocenters. The predicted octanol–water partition coefficient (Wildman–Crippen LogP) is 0.105. The van der Waals surface area contributed by atoms with Gasteiger partial charge in [0.15, 0.2) is 0 Å². The summed E-state index contributed by atoms with van der Waals surface area (Å²) >= 11 is 5.95. The number of sulfone groups is 1. The average Bonchev–Trinajstić information content (AvgIpc) is 2.54. The summed E-state index contributed by atoms with van der Waals surface area (Å²) in [7, 11) is -3.15. The summed E-state index contributed by atoms with van der Waals surface area (Å²) in [5.41, 5.74) is 3.05. The number of rotatable bonds is 5. The number of aryl methyl sites for hydroxylation is 1. The van der Waals surface area contributed by atoms with E-state index in [0.29, 0.717) is 17.3 Å². The lowest BCUT2D eigenvalue weighted by molar-refractivity contribution is 0.514. The van der Waals surface area contributed by atoms with Gasteiger partial charge in [0.2, 0.25) is 0 Å². The monoisotopic (exact) mass is 266 g/mol. The Bertz CT molecular complexity index is 457. The molecule has 0 aliphatic carbocycles. The summed E-state index contributed by atoms with van der Waals surface area (Å²) < 4.78 is 24.1. The van der Waals surface area contributed by atoms with Crippen molar-refractivity contribution in [2.75, 3.05) is 12.0 Å². The van der Waals surface area contributed by atoms with Crippen LogP contribution in [0.3, 0.4) is 0 Å². The second-order valence-corrected chi connectivity index (χ2v) is 6.10. The molecule has 0 saturated carbocycles. The smallest absolute Gasteiger partial charge is 0.149 e. The molecule has 0 radical (unpaired) electrons. The van der Waals surface area contributed by atoms with E-state index in [1.54, 1.807) is 4.68 Å². The van der Waals surface area contributed by atoms with E-state index in [-0.39, 0.29) is 5.75 Å². The maximum Gasteiger partial charge on any atom is 0.149 e. The van der Waals surface area contributed by atoms with Gasteiger partial charge in [-0.1, -0.05) is 11.6 Å². The number of nitrogens with one attached hydrogen (secondary N) is 1. The summed E-state index contributed by atoms with van der Waals surface area (Å²) in [6.45, 7) is 2.49. The molecular formula is C8H15ClN4O2S. The lowest BCUT2D eigenvalue weighted by Gasteiger charge is -2.16. The van der Waals surface area contributed by atoms with Crippen LogP contribution in [0, 0.1) is 0 Å². The van der Waals surface area contributed by atoms with Crippen molar-refractivity contribution in [1.29, 1.82) is 0 Å². The van der Waals surface area contributed by atoms with Crippen molar-refractivity contribution >= 4 is 21.4 Å². The summed E-state index contributed by atoms with van der Waals surface area (Å²) in [4.78, 5) is 0. The molecule has 3 N–H and O–H groups in total. The van der Waals surface area contributed by atoms with Gasteiger partial charge in [-0.2, -0.15) is 5.10 Å². The molecule has 0 bridgehead atoms. The third-order valence-corrected chi connectivity index (χ3v) is 3.36. The van der Waals surface area contributed by atoms with Gasteiger partial charge < -0.3 is 0 Å². The Morgan fingerprint density at radius 2 is 2.31 bits per heavy atom. The molecule has 6 nitrogen and oxygen atoms in total. The quantitative estimate of drug-likeness (QED) is 0.583. The van der Waals surface area contributed by atoms with E-state index in [1.165, 1.54) is 6.20 Å². The van der Waals surface area contributed by atoms with Crippen LogP contribution in [0.1, 0.15) is 18.7 Å². The summed E-state index contributed by atoms with van der Waals surface area (Å²) in [6.07, 6.45) is 2.63. The largest absolute Gasteiger partial charge is 0.271 e. The van der Waals surface area contributed by atoms with Gasteiger partial charge in [-0.3, -0.25) is 16.0 Å². The lowest BCUT2D eigenvalue weighted by Crippen LogP contribution is -2.34. The Morgan fingerprint density at radius 3 is 2.75 bits per heavy atom. The fourth-order valence-electron chi connectivity index (χ4n) is 1.48. The number of hydrogen-bond donors (Lipinski definition) is 2. The molecule has 1 unspecified atom stereocenters. The highest BCUT2D eigenvalue weighted by atomic mass is 35.5. The molecule has 1 rings (SSSR count). The van der Waals surface area contributed by atoms with Gasteiger partial charge in [0.1, 0.15) is 9.84 Å². The molecule has 0 saturated heterocycles. The Morgan fingerprint density at radius 1 is 1.69 bits per heavy atom. The van der Waals surface area contributed by atoms with Crippen LogP contribution in [0.4, 0.5) is 0 Å². The van der Waals surface area contributed by atoms with Crippen molar-refractivity contribution in [3.8, 4) is 0 Å². The second kappa shape index (κ2) is 5.13. The highest BCUT2D eigenvalue weighted by Gasteiger charge is 2.22. The van der Waals surface area contributed by atoms with Gasteiger partial charge in [-0.05, 0) is 6.92 Å². The van der Waals surface area contributed by atoms with Crippen LogP contribution in [-0.2, 0) is 16.4 Å².